The van der Waals surface area contributed by atoms with Gasteiger partial charge in [-0.15, -0.1) is 0 Å². The molecule has 0 heterocycles. The maximum Gasteiger partial charge on any atom is 0.407 e. The van der Waals surface area contributed by atoms with E-state index in [9.17, 15) is 19.5 Å². The van der Waals surface area contributed by atoms with Crippen molar-refractivity contribution in [2.75, 3.05) is 18.9 Å². The number of rotatable bonds is 10. The van der Waals surface area contributed by atoms with Crippen molar-refractivity contribution < 1.29 is 29.3 Å². The van der Waals surface area contributed by atoms with Gasteiger partial charge in [-0.05, 0) is 6.42 Å². The molecule has 0 fully saturated rings. The van der Waals surface area contributed by atoms with Crippen molar-refractivity contribution in [3.63, 3.8) is 0 Å². The standard InChI is InChI=1S/C13H23NO6S/c1-13(2,8-20-12(19)14-6-7-21)11(18)9(15)4-3-5-10(16)17/h11,18,21H,3-8H2,1-2H3,(H,14,19)(H,16,17)/t11-/m0/s1. The number of alkyl carbamates (subject to hydrolysis) is 1. The van der Waals surface area contributed by atoms with E-state index in [4.69, 9.17) is 9.84 Å². The summed E-state index contributed by atoms with van der Waals surface area (Å²) in [7, 11) is 0. The molecule has 7 nitrogen and oxygen atoms in total. The molecule has 0 aromatic carbocycles. The lowest BCUT2D eigenvalue weighted by Gasteiger charge is -2.28. The van der Waals surface area contributed by atoms with Crippen molar-refractivity contribution >= 4 is 30.5 Å². The highest BCUT2D eigenvalue weighted by atomic mass is 32.1. The van der Waals surface area contributed by atoms with E-state index in [1.807, 2.05) is 0 Å². The number of aliphatic hydroxyl groups excluding tert-OH is 1. The minimum absolute atomic E-state index is 0.0251. The Kier molecular flexibility index (Phi) is 9.03. The number of Topliss-reactive ketones (excluding diaryl/α,β-unsaturated/α-hetero) is 1. The molecule has 0 spiro atoms. The lowest BCUT2D eigenvalue weighted by atomic mass is 9.84. The molecule has 0 aliphatic heterocycles. The van der Waals surface area contributed by atoms with Gasteiger partial charge in [0.2, 0.25) is 0 Å². The summed E-state index contributed by atoms with van der Waals surface area (Å²) >= 11 is 3.93. The zero-order valence-corrected chi connectivity index (χ0v) is 13.2. The summed E-state index contributed by atoms with van der Waals surface area (Å²) in [4.78, 5) is 33.4. The maximum absolute atomic E-state index is 11.8. The van der Waals surface area contributed by atoms with E-state index >= 15 is 0 Å². The molecular formula is C13H23NO6S. The molecular weight excluding hydrogens is 298 g/mol. The summed E-state index contributed by atoms with van der Waals surface area (Å²) in [5, 5.41) is 20.9. The molecule has 1 amide bonds. The second-order valence-corrected chi connectivity index (χ2v) is 5.78. The number of hydrogen-bond donors (Lipinski definition) is 4. The van der Waals surface area contributed by atoms with Gasteiger partial charge in [0.15, 0.2) is 5.78 Å². The lowest BCUT2D eigenvalue weighted by Crippen LogP contribution is -2.41. The molecule has 0 rings (SSSR count). The van der Waals surface area contributed by atoms with Crippen molar-refractivity contribution in [1.82, 2.24) is 5.32 Å². The van der Waals surface area contributed by atoms with Gasteiger partial charge in [0.25, 0.3) is 0 Å². The average molecular weight is 321 g/mol. The summed E-state index contributed by atoms with van der Waals surface area (Å²) in [6.45, 7) is 3.42. The highest BCUT2D eigenvalue weighted by Crippen LogP contribution is 2.23. The van der Waals surface area contributed by atoms with Crippen molar-refractivity contribution in [3.05, 3.63) is 0 Å². The number of amides is 1. The van der Waals surface area contributed by atoms with Crippen LogP contribution in [-0.2, 0) is 14.3 Å². The van der Waals surface area contributed by atoms with E-state index in [0.717, 1.165) is 0 Å². The predicted octanol–water partition coefficient (Wildman–Crippen LogP) is 0.853. The second kappa shape index (κ2) is 9.62. The molecule has 0 saturated carbocycles. The molecule has 0 bridgehead atoms. The van der Waals surface area contributed by atoms with Crippen LogP contribution >= 0.6 is 12.6 Å². The average Bonchev–Trinajstić information content (AvgIpc) is 2.41. The van der Waals surface area contributed by atoms with Crippen molar-refractivity contribution in [2.45, 2.75) is 39.2 Å². The Hall–Kier alpha value is -1.28. The number of ketones is 1. The Labute approximate surface area is 129 Å². The first-order valence-electron chi connectivity index (χ1n) is 6.64. The van der Waals surface area contributed by atoms with Crippen LogP contribution in [0.15, 0.2) is 0 Å². The highest BCUT2D eigenvalue weighted by molar-refractivity contribution is 7.80. The first kappa shape index (κ1) is 19.7. The van der Waals surface area contributed by atoms with Gasteiger partial charge in [0.1, 0.15) is 12.7 Å². The number of carbonyl (C=O) groups is 3. The van der Waals surface area contributed by atoms with Crippen molar-refractivity contribution in [1.29, 1.82) is 0 Å². The fourth-order valence-corrected chi connectivity index (χ4v) is 1.64. The zero-order valence-electron chi connectivity index (χ0n) is 12.3. The smallest absolute Gasteiger partial charge is 0.407 e. The Morgan fingerprint density at radius 2 is 1.90 bits per heavy atom. The minimum atomic E-state index is -1.32. The van der Waals surface area contributed by atoms with Gasteiger partial charge in [0.05, 0.1) is 0 Å². The summed E-state index contributed by atoms with van der Waals surface area (Å²) < 4.78 is 4.93. The summed E-state index contributed by atoms with van der Waals surface area (Å²) in [6, 6.07) is 0. The van der Waals surface area contributed by atoms with Gasteiger partial charge in [-0.2, -0.15) is 12.6 Å². The van der Waals surface area contributed by atoms with Gasteiger partial charge in [-0.1, -0.05) is 13.8 Å². The van der Waals surface area contributed by atoms with Crippen LogP contribution in [0.3, 0.4) is 0 Å². The number of aliphatic carboxylic acids is 1. The Morgan fingerprint density at radius 1 is 1.29 bits per heavy atom. The second-order valence-electron chi connectivity index (χ2n) is 5.33. The molecule has 122 valence electrons. The monoisotopic (exact) mass is 321 g/mol. The Bertz CT molecular complexity index is 372. The zero-order chi connectivity index (χ0) is 16.5. The lowest BCUT2D eigenvalue weighted by molar-refractivity contribution is -0.138. The van der Waals surface area contributed by atoms with Crippen LogP contribution in [0.5, 0.6) is 0 Å². The largest absolute Gasteiger partial charge is 0.481 e. The minimum Gasteiger partial charge on any atom is -0.481 e. The molecule has 0 radical (unpaired) electrons. The molecule has 0 saturated heterocycles. The fourth-order valence-electron chi connectivity index (χ4n) is 1.53. The molecule has 8 heteroatoms. The van der Waals surface area contributed by atoms with Gasteiger partial charge in [-0.25, -0.2) is 4.79 Å². The quantitative estimate of drug-likeness (QED) is 0.444. The van der Waals surface area contributed by atoms with Gasteiger partial charge in [-0.3, -0.25) is 9.59 Å². The number of aliphatic hydroxyl groups is 1. The van der Waals surface area contributed by atoms with Crippen LogP contribution < -0.4 is 5.32 Å². The Balaban J connectivity index is 4.24. The number of nitrogens with one attached hydrogen (secondary N) is 1. The molecule has 0 aromatic rings. The van der Waals surface area contributed by atoms with Crippen molar-refractivity contribution in [2.24, 2.45) is 5.41 Å². The van der Waals surface area contributed by atoms with Gasteiger partial charge < -0.3 is 20.3 Å². The molecule has 3 N–H and O–H groups in total. The first-order valence-corrected chi connectivity index (χ1v) is 7.28. The molecule has 0 unspecified atom stereocenters. The summed E-state index contributed by atoms with van der Waals surface area (Å²) in [5.74, 6) is -0.968. The SMILES string of the molecule is CC(C)(COC(=O)NCCS)[C@@H](O)C(=O)CCCC(=O)O. The first-order chi connectivity index (χ1) is 9.70. The maximum atomic E-state index is 11.8. The van der Waals surface area contributed by atoms with Crippen LogP contribution in [0.25, 0.3) is 0 Å². The van der Waals surface area contributed by atoms with E-state index in [-0.39, 0.29) is 25.9 Å². The normalized spacial score (nSPS) is 12.6. The number of carboxylic acid groups (broad SMARTS) is 1. The number of ether oxygens (including phenoxy) is 1. The number of carboxylic acids is 1. The van der Waals surface area contributed by atoms with Gasteiger partial charge >= 0.3 is 12.1 Å². The third kappa shape index (κ3) is 8.56. The van der Waals surface area contributed by atoms with Crippen LogP contribution in [0.4, 0.5) is 4.79 Å². The Morgan fingerprint density at radius 3 is 2.43 bits per heavy atom. The predicted molar refractivity (Wildman–Crippen MR) is 79.5 cm³/mol. The molecule has 0 aliphatic rings. The third-order valence-electron chi connectivity index (χ3n) is 2.82. The van der Waals surface area contributed by atoms with Crippen LogP contribution in [-0.4, -0.2) is 53.1 Å². The van der Waals surface area contributed by atoms with Gasteiger partial charge in [0, 0.05) is 30.6 Å². The summed E-state index contributed by atoms with van der Waals surface area (Å²) in [6.07, 6.45) is -1.93. The number of hydrogen-bond acceptors (Lipinski definition) is 6. The molecule has 0 aromatic heterocycles. The van der Waals surface area contributed by atoms with E-state index in [1.54, 1.807) is 13.8 Å². The number of carbonyl (C=O) groups excluding carboxylic acids is 2. The topological polar surface area (TPSA) is 113 Å². The molecule has 21 heavy (non-hydrogen) atoms. The summed E-state index contributed by atoms with van der Waals surface area (Å²) in [5.41, 5.74) is -0.946. The van der Waals surface area contributed by atoms with E-state index < -0.39 is 29.4 Å². The third-order valence-corrected chi connectivity index (χ3v) is 3.04. The highest BCUT2D eigenvalue weighted by Gasteiger charge is 2.34. The van der Waals surface area contributed by atoms with Crippen LogP contribution in [0, 0.1) is 5.41 Å². The van der Waals surface area contributed by atoms with E-state index in [1.165, 1.54) is 0 Å². The van der Waals surface area contributed by atoms with Crippen LogP contribution in [0.1, 0.15) is 33.1 Å². The van der Waals surface area contributed by atoms with Crippen molar-refractivity contribution in [3.8, 4) is 0 Å². The van der Waals surface area contributed by atoms with E-state index in [0.29, 0.717) is 12.3 Å². The molecule has 0 aliphatic carbocycles. The fraction of sp³-hybridized carbons (Fsp3) is 0.769. The van der Waals surface area contributed by atoms with Crippen LogP contribution in [0.2, 0.25) is 0 Å². The molecule has 1 atom stereocenters. The number of thiol groups is 1. The van der Waals surface area contributed by atoms with E-state index in [2.05, 4.69) is 17.9 Å².